The maximum absolute atomic E-state index is 10.7. The number of ether oxygens (including phenoxy) is 1. The van der Waals surface area contributed by atoms with Gasteiger partial charge in [0.05, 0.1) is 12.3 Å². The first kappa shape index (κ1) is 11.0. The lowest BCUT2D eigenvalue weighted by atomic mass is 10.0. The van der Waals surface area contributed by atoms with E-state index in [4.69, 9.17) is 4.74 Å². The van der Waals surface area contributed by atoms with Gasteiger partial charge in [-0.2, -0.15) is 0 Å². The van der Waals surface area contributed by atoms with E-state index in [0.29, 0.717) is 18.7 Å². The number of nitrogens with zero attached hydrogens (tertiary/aromatic N) is 1. The molecule has 0 spiro atoms. The van der Waals surface area contributed by atoms with Crippen LogP contribution in [0.4, 0.5) is 0 Å². The maximum atomic E-state index is 10.7. The van der Waals surface area contributed by atoms with Crippen LogP contribution >= 0.6 is 12.6 Å². The number of benzene rings is 1. The first-order valence-electron chi connectivity index (χ1n) is 4.87. The number of carbonyl (C=O) groups excluding carboxylic acids is 1. The van der Waals surface area contributed by atoms with Gasteiger partial charge in [-0.1, -0.05) is 5.16 Å². The molecule has 0 aromatic heterocycles. The zero-order valence-corrected chi connectivity index (χ0v) is 9.66. The van der Waals surface area contributed by atoms with Crippen LogP contribution in [0.2, 0.25) is 0 Å². The SMILES string of the molecule is CC(=O)O/N=C1\CCOc2ccc(S)cc21. The topological polar surface area (TPSA) is 47.9 Å². The molecule has 1 aliphatic heterocycles. The van der Waals surface area contributed by atoms with Crippen LogP contribution in [0.1, 0.15) is 18.9 Å². The lowest BCUT2D eigenvalue weighted by Crippen LogP contribution is -2.17. The van der Waals surface area contributed by atoms with Crippen molar-refractivity contribution in [2.45, 2.75) is 18.2 Å². The Morgan fingerprint density at radius 3 is 3.12 bits per heavy atom. The predicted octanol–water partition coefficient (Wildman–Crippen LogP) is 2.02. The summed E-state index contributed by atoms with van der Waals surface area (Å²) in [7, 11) is 0. The summed E-state index contributed by atoms with van der Waals surface area (Å²) in [6.45, 7) is 1.86. The maximum Gasteiger partial charge on any atom is 0.331 e. The minimum atomic E-state index is -0.428. The third-order valence-electron chi connectivity index (χ3n) is 2.15. The first-order valence-corrected chi connectivity index (χ1v) is 5.32. The molecule has 84 valence electrons. The number of carbonyl (C=O) groups is 1. The summed E-state index contributed by atoms with van der Waals surface area (Å²) in [6.07, 6.45) is 0.623. The van der Waals surface area contributed by atoms with Crippen LogP contribution in [-0.2, 0) is 9.63 Å². The Morgan fingerprint density at radius 2 is 2.38 bits per heavy atom. The lowest BCUT2D eigenvalue weighted by Gasteiger charge is -2.18. The van der Waals surface area contributed by atoms with Crippen LogP contribution in [0.3, 0.4) is 0 Å². The summed E-state index contributed by atoms with van der Waals surface area (Å²) in [5.74, 6) is 0.317. The Hall–Kier alpha value is -1.49. The Bertz CT molecular complexity index is 457. The van der Waals surface area contributed by atoms with Gasteiger partial charge in [-0.25, -0.2) is 4.79 Å². The van der Waals surface area contributed by atoms with Crippen molar-refractivity contribution in [3.63, 3.8) is 0 Å². The van der Waals surface area contributed by atoms with Crippen LogP contribution in [0, 0.1) is 0 Å². The molecule has 0 bridgehead atoms. The molecule has 5 heteroatoms. The van der Waals surface area contributed by atoms with E-state index >= 15 is 0 Å². The van der Waals surface area contributed by atoms with E-state index in [9.17, 15) is 4.79 Å². The highest BCUT2D eigenvalue weighted by molar-refractivity contribution is 7.80. The lowest BCUT2D eigenvalue weighted by molar-refractivity contribution is -0.140. The van der Waals surface area contributed by atoms with Gasteiger partial charge in [-0.15, -0.1) is 12.6 Å². The number of rotatable bonds is 1. The molecule has 1 aliphatic rings. The minimum Gasteiger partial charge on any atom is -0.492 e. The van der Waals surface area contributed by atoms with Crippen LogP contribution in [0.5, 0.6) is 5.75 Å². The van der Waals surface area contributed by atoms with Gasteiger partial charge in [0.25, 0.3) is 0 Å². The molecule has 0 atom stereocenters. The molecule has 1 aromatic carbocycles. The average molecular weight is 237 g/mol. The van der Waals surface area contributed by atoms with E-state index in [1.807, 2.05) is 18.2 Å². The predicted molar refractivity (Wildman–Crippen MR) is 62.1 cm³/mol. The second kappa shape index (κ2) is 4.57. The Labute approximate surface area is 98.6 Å². The van der Waals surface area contributed by atoms with Crippen molar-refractivity contribution in [1.29, 1.82) is 0 Å². The molecular weight excluding hydrogens is 226 g/mol. The zero-order valence-electron chi connectivity index (χ0n) is 8.77. The van der Waals surface area contributed by atoms with E-state index in [1.165, 1.54) is 6.92 Å². The third-order valence-corrected chi connectivity index (χ3v) is 2.43. The van der Waals surface area contributed by atoms with Crippen LogP contribution in [0.25, 0.3) is 0 Å². The van der Waals surface area contributed by atoms with Gasteiger partial charge >= 0.3 is 5.97 Å². The standard InChI is InChI=1S/C11H11NO3S/c1-7(13)15-12-10-4-5-14-11-3-2-8(16)6-9(10)11/h2-3,6,16H,4-5H2,1H3/b12-10+. The molecule has 0 aliphatic carbocycles. The quantitative estimate of drug-likeness (QED) is 0.462. The van der Waals surface area contributed by atoms with Crippen molar-refractivity contribution < 1.29 is 14.4 Å². The smallest absolute Gasteiger partial charge is 0.331 e. The van der Waals surface area contributed by atoms with E-state index < -0.39 is 5.97 Å². The van der Waals surface area contributed by atoms with Crippen molar-refractivity contribution >= 4 is 24.3 Å². The van der Waals surface area contributed by atoms with Gasteiger partial charge in [0.1, 0.15) is 5.75 Å². The molecule has 2 rings (SSSR count). The second-order valence-electron chi connectivity index (χ2n) is 3.40. The fourth-order valence-corrected chi connectivity index (χ4v) is 1.68. The highest BCUT2D eigenvalue weighted by Gasteiger charge is 2.17. The summed E-state index contributed by atoms with van der Waals surface area (Å²) >= 11 is 4.25. The number of fused-ring (bicyclic) bond motifs is 1. The summed E-state index contributed by atoms with van der Waals surface area (Å²) < 4.78 is 5.46. The summed E-state index contributed by atoms with van der Waals surface area (Å²) in [5.41, 5.74) is 1.55. The number of hydrogen-bond donors (Lipinski definition) is 1. The van der Waals surface area contributed by atoms with Crippen molar-refractivity contribution in [2.75, 3.05) is 6.61 Å². The monoisotopic (exact) mass is 237 g/mol. The molecule has 4 nitrogen and oxygen atoms in total. The van der Waals surface area contributed by atoms with Crippen molar-refractivity contribution in [3.8, 4) is 5.75 Å². The molecule has 0 saturated heterocycles. The van der Waals surface area contributed by atoms with Crippen LogP contribution in [-0.4, -0.2) is 18.3 Å². The van der Waals surface area contributed by atoms with Gasteiger partial charge in [0.2, 0.25) is 0 Å². The van der Waals surface area contributed by atoms with E-state index in [2.05, 4.69) is 22.6 Å². The summed E-state index contributed by atoms with van der Waals surface area (Å²) in [6, 6.07) is 5.52. The number of hydrogen-bond acceptors (Lipinski definition) is 5. The van der Waals surface area contributed by atoms with E-state index in [0.717, 1.165) is 16.2 Å². The highest BCUT2D eigenvalue weighted by Crippen LogP contribution is 2.27. The molecule has 0 N–H and O–H groups in total. The Morgan fingerprint density at radius 1 is 1.56 bits per heavy atom. The number of thiol groups is 1. The number of oxime groups is 1. The zero-order chi connectivity index (χ0) is 11.5. The van der Waals surface area contributed by atoms with Crippen molar-refractivity contribution in [3.05, 3.63) is 23.8 Å². The van der Waals surface area contributed by atoms with E-state index in [-0.39, 0.29) is 0 Å². The normalized spacial score (nSPS) is 16.5. The van der Waals surface area contributed by atoms with Gasteiger partial charge in [-0.3, -0.25) is 0 Å². The van der Waals surface area contributed by atoms with Gasteiger partial charge in [0.15, 0.2) is 0 Å². The average Bonchev–Trinajstić information content (AvgIpc) is 2.26. The van der Waals surface area contributed by atoms with Crippen LogP contribution < -0.4 is 4.74 Å². The third kappa shape index (κ3) is 2.36. The molecule has 1 heterocycles. The Kier molecular flexibility index (Phi) is 3.14. The van der Waals surface area contributed by atoms with Crippen molar-refractivity contribution in [1.82, 2.24) is 0 Å². The van der Waals surface area contributed by atoms with Crippen molar-refractivity contribution in [2.24, 2.45) is 5.16 Å². The summed E-state index contributed by atoms with van der Waals surface area (Å²) in [5, 5.41) is 3.82. The van der Waals surface area contributed by atoms with Crippen LogP contribution in [0.15, 0.2) is 28.3 Å². The summed E-state index contributed by atoms with van der Waals surface area (Å²) in [4.78, 5) is 16.2. The van der Waals surface area contributed by atoms with Gasteiger partial charge in [-0.05, 0) is 18.2 Å². The molecule has 0 radical (unpaired) electrons. The fraction of sp³-hybridized carbons (Fsp3) is 0.273. The van der Waals surface area contributed by atoms with E-state index in [1.54, 1.807) is 0 Å². The highest BCUT2D eigenvalue weighted by atomic mass is 32.1. The van der Waals surface area contributed by atoms with Gasteiger partial charge < -0.3 is 9.57 Å². The largest absolute Gasteiger partial charge is 0.492 e. The molecule has 0 fully saturated rings. The first-order chi connectivity index (χ1) is 7.66. The minimum absolute atomic E-state index is 0.428. The van der Waals surface area contributed by atoms with Gasteiger partial charge in [0, 0.05) is 23.8 Å². The second-order valence-corrected chi connectivity index (χ2v) is 3.92. The molecule has 1 aromatic rings. The molecule has 0 saturated carbocycles. The Balaban J connectivity index is 2.35. The molecule has 16 heavy (non-hydrogen) atoms. The molecular formula is C11H11NO3S. The molecule has 0 unspecified atom stereocenters. The fourth-order valence-electron chi connectivity index (χ4n) is 1.48. The molecule has 0 amide bonds.